The van der Waals surface area contributed by atoms with Gasteiger partial charge < -0.3 is 15.4 Å². The van der Waals surface area contributed by atoms with Gasteiger partial charge in [0.25, 0.3) is 0 Å². The SMILES string of the molecule is CC1CNCCC1NC(=O)CCc1ccc(S(=O)(=O)N2CCOCC2)cc1.Cl. The highest BCUT2D eigenvalue weighted by Gasteiger charge is 2.26. The van der Waals surface area contributed by atoms with Gasteiger partial charge in [-0.3, -0.25) is 4.79 Å². The van der Waals surface area contributed by atoms with Crippen LogP contribution in [-0.4, -0.2) is 64.1 Å². The Morgan fingerprint density at radius 1 is 1.25 bits per heavy atom. The lowest BCUT2D eigenvalue weighted by Gasteiger charge is -2.30. The Hall–Kier alpha value is -1.19. The zero-order chi connectivity index (χ0) is 19.3. The van der Waals surface area contributed by atoms with Crippen LogP contribution in [0.15, 0.2) is 29.2 Å². The van der Waals surface area contributed by atoms with E-state index >= 15 is 0 Å². The maximum atomic E-state index is 12.6. The van der Waals surface area contributed by atoms with Crippen LogP contribution in [0.25, 0.3) is 0 Å². The third-order valence-electron chi connectivity index (χ3n) is 5.30. The van der Waals surface area contributed by atoms with Crippen LogP contribution >= 0.6 is 12.4 Å². The number of benzene rings is 1. The lowest BCUT2D eigenvalue weighted by Crippen LogP contribution is -2.48. The average Bonchev–Trinajstić information content (AvgIpc) is 2.69. The van der Waals surface area contributed by atoms with E-state index in [-0.39, 0.29) is 24.4 Å². The number of nitrogens with one attached hydrogen (secondary N) is 2. The maximum Gasteiger partial charge on any atom is 0.243 e. The Labute approximate surface area is 173 Å². The summed E-state index contributed by atoms with van der Waals surface area (Å²) in [4.78, 5) is 12.5. The summed E-state index contributed by atoms with van der Waals surface area (Å²) in [6.45, 7) is 5.66. The minimum atomic E-state index is -3.47. The number of hydrogen-bond acceptors (Lipinski definition) is 5. The summed E-state index contributed by atoms with van der Waals surface area (Å²) in [5.41, 5.74) is 0.962. The fraction of sp³-hybridized carbons (Fsp3) is 0.632. The van der Waals surface area contributed by atoms with Gasteiger partial charge in [0.05, 0.1) is 18.1 Å². The second kappa shape index (κ2) is 10.5. The first-order valence-corrected chi connectivity index (χ1v) is 11.1. The van der Waals surface area contributed by atoms with Gasteiger partial charge in [-0.25, -0.2) is 8.42 Å². The summed E-state index contributed by atoms with van der Waals surface area (Å²) < 4.78 is 31.9. The molecule has 0 aliphatic carbocycles. The number of ether oxygens (including phenoxy) is 1. The molecule has 1 amide bonds. The minimum absolute atomic E-state index is 0. The van der Waals surface area contributed by atoms with Crippen LogP contribution in [-0.2, 0) is 26.0 Å². The summed E-state index contributed by atoms with van der Waals surface area (Å²) in [5, 5.41) is 6.45. The van der Waals surface area contributed by atoms with E-state index in [1.54, 1.807) is 24.3 Å². The number of piperidine rings is 1. The number of sulfonamides is 1. The van der Waals surface area contributed by atoms with Crippen molar-refractivity contribution in [2.75, 3.05) is 39.4 Å². The van der Waals surface area contributed by atoms with E-state index in [4.69, 9.17) is 4.74 Å². The third-order valence-corrected chi connectivity index (χ3v) is 7.22. The van der Waals surface area contributed by atoms with Crippen LogP contribution in [0.4, 0.5) is 0 Å². The van der Waals surface area contributed by atoms with Gasteiger partial charge in [0.2, 0.25) is 15.9 Å². The summed E-state index contributed by atoms with van der Waals surface area (Å²) in [7, 11) is -3.47. The van der Waals surface area contributed by atoms with Gasteiger partial charge in [-0.05, 0) is 49.5 Å². The molecule has 28 heavy (non-hydrogen) atoms. The molecular formula is C19H30ClN3O4S. The molecule has 0 spiro atoms. The number of nitrogens with zero attached hydrogens (tertiary/aromatic N) is 1. The van der Waals surface area contributed by atoms with Crippen molar-refractivity contribution in [2.24, 2.45) is 5.92 Å². The molecule has 2 N–H and O–H groups in total. The Bertz CT molecular complexity index is 736. The number of aryl methyl sites for hydroxylation is 1. The van der Waals surface area contributed by atoms with Gasteiger partial charge >= 0.3 is 0 Å². The molecule has 2 saturated heterocycles. The molecule has 0 radical (unpaired) electrons. The van der Waals surface area contributed by atoms with Crippen molar-refractivity contribution in [3.8, 4) is 0 Å². The smallest absolute Gasteiger partial charge is 0.243 e. The highest BCUT2D eigenvalue weighted by atomic mass is 35.5. The quantitative estimate of drug-likeness (QED) is 0.706. The van der Waals surface area contributed by atoms with E-state index in [1.165, 1.54) is 4.31 Å². The van der Waals surface area contributed by atoms with E-state index in [1.807, 2.05) is 0 Å². The molecule has 7 nitrogen and oxygen atoms in total. The topological polar surface area (TPSA) is 87.7 Å². The Morgan fingerprint density at radius 2 is 1.93 bits per heavy atom. The van der Waals surface area contributed by atoms with E-state index in [2.05, 4.69) is 17.6 Å². The van der Waals surface area contributed by atoms with Gasteiger partial charge in [0.15, 0.2) is 0 Å². The molecule has 2 atom stereocenters. The monoisotopic (exact) mass is 431 g/mol. The molecule has 2 fully saturated rings. The Kier molecular flexibility index (Phi) is 8.70. The second-order valence-corrected chi connectivity index (χ2v) is 9.24. The summed E-state index contributed by atoms with van der Waals surface area (Å²) in [5.74, 6) is 0.492. The predicted molar refractivity (Wildman–Crippen MR) is 110 cm³/mol. The van der Waals surface area contributed by atoms with Gasteiger partial charge in [0.1, 0.15) is 0 Å². The number of amides is 1. The number of morpholine rings is 1. The van der Waals surface area contributed by atoms with E-state index < -0.39 is 10.0 Å². The van der Waals surface area contributed by atoms with Crippen LogP contribution in [0.5, 0.6) is 0 Å². The molecule has 9 heteroatoms. The largest absolute Gasteiger partial charge is 0.379 e. The first-order valence-electron chi connectivity index (χ1n) is 9.64. The number of carbonyl (C=O) groups excluding carboxylic acids is 1. The van der Waals surface area contributed by atoms with Crippen molar-refractivity contribution in [1.29, 1.82) is 0 Å². The van der Waals surface area contributed by atoms with Gasteiger partial charge in [0, 0.05) is 25.6 Å². The average molecular weight is 432 g/mol. The standard InChI is InChI=1S/C19H29N3O4S.ClH/c1-15-14-20-9-8-18(15)21-19(23)7-4-16-2-5-17(6-3-16)27(24,25)22-10-12-26-13-11-22;/h2-3,5-6,15,18,20H,4,7-14H2,1H3,(H,21,23);1H. The first kappa shape index (κ1) is 23.1. The van der Waals surface area contributed by atoms with Gasteiger partial charge in [-0.1, -0.05) is 19.1 Å². The molecule has 2 unspecified atom stereocenters. The molecule has 3 rings (SSSR count). The summed E-state index contributed by atoms with van der Waals surface area (Å²) in [6.07, 6.45) is 1.97. The predicted octanol–water partition coefficient (Wildman–Crippen LogP) is 1.18. The first-order chi connectivity index (χ1) is 13.0. The van der Waals surface area contributed by atoms with Crippen LogP contribution in [0.1, 0.15) is 25.3 Å². The van der Waals surface area contributed by atoms with Crippen LogP contribution in [0, 0.1) is 5.92 Å². The van der Waals surface area contributed by atoms with E-state index in [0.717, 1.165) is 25.1 Å². The number of carbonyl (C=O) groups is 1. The molecule has 2 aliphatic heterocycles. The Morgan fingerprint density at radius 3 is 2.57 bits per heavy atom. The number of halogens is 1. The molecule has 2 heterocycles. The molecule has 0 saturated carbocycles. The van der Waals surface area contributed by atoms with Crippen molar-refractivity contribution < 1.29 is 17.9 Å². The fourth-order valence-corrected chi connectivity index (χ4v) is 4.94. The highest BCUT2D eigenvalue weighted by Crippen LogP contribution is 2.18. The van der Waals surface area contributed by atoms with Crippen molar-refractivity contribution in [1.82, 2.24) is 14.9 Å². The van der Waals surface area contributed by atoms with Crippen LogP contribution in [0.2, 0.25) is 0 Å². The van der Waals surface area contributed by atoms with Gasteiger partial charge in [-0.2, -0.15) is 4.31 Å². The highest BCUT2D eigenvalue weighted by molar-refractivity contribution is 7.89. The lowest BCUT2D eigenvalue weighted by atomic mass is 9.95. The molecule has 0 aromatic heterocycles. The Balaban J connectivity index is 0.00000280. The van der Waals surface area contributed by atoms with Gasteiger partial charge in [-0.15, -0.1) is 12.4 Å². The molecular weight excluding hydrogens is 402 g/mol. The van der Waals surface area contributed by atoms with Crippen molar-refractivity contribution in [3.63, 3.8) is 0 Å². The van der Waals surface area contributed by atoms with Crippen molar-refractivity contribution in [2.45, 2.75) is 37.1 Å². The molecule has 158 valence electrons. The third kappa shape index (κ3) is 5.90. The molecule has 1 aromatic carbocycles. The molecule has 2 aliphatic rings. The van der Waals surface area contributed by atoms with E-state index in [9.17, 15) is 13.2 Å². The zero-order valence-corrected chi connectivity index (χ0v) is 17.9. The number of rotatable bonds is 6. The normalized spacial score (nSPS) is 23.6. The summed E-state index contributed by atoms with van der Waals surface area (Å²) >= 11 is 0. The fourth-order valence-electron chi connectivity index (χ4n) is 3.53. The number of hydrogen-bond donors (Lipinski definition) is 2. The molecule has 0 bridgehead atoms. The van der Waals surface area contributed by atoms with E-state index in [0.29, 0.717) is 50.0 Å². The second-order valence-electron chi connectivity index (χ2n) is 7.30. The minimum Gasteiger partial charge on any atom is -0.379 e. The van der Waals surface area contributed by atoms with Crippen LogP contribution < -0.4 is 10.6 Å². The lowest BCUT2D eigenvalue weighted by molar-refractivity contribution is -0.122. The molecule has 1 aromatic rings. The van der Waals surface area contributed by atoms with Crippen LogP contribution in [0.3, 0.4) is 0 Å². The summed E-state index contributed by atoms with van der Waals surface area (Å²) in [6, 6.07) is 7.10. The van der Waals surface area contributed by atoms with Crippen molar-refractivity contribution >= 4 is 28.3 Å². The zero-order valence-electron chi connectivity index (χ0n) is 16.2. The van der Waals surface area contributed by atoms with Crippen molar-refractivity contribution in [3.05, 3.63) is 29.8 Å². The maximum absolute atomic E-state index is 12.6.